The number of hydrogen-bond donors (Lipinski definition) is 1. The van der Waals surface area contributed by atoms with Crippen LogP contribution in [0.25, 0.3) is 27.4 Å². The Kier molecular flexibility index (Phi) is 2.69. The first-order chi connectivity index (χ1) is 10.8. The first-order valence-corrected chi connectivity index (χ1v) is 6.99. The lowest BCUT2D eigenvalue weighted by Crippen LogP contribution is -2.10. The van der Waals surface area contributed by atoms with Crippen molar-refractivity contribution in [3.05, 3.63) is 72.7 Å². The van der Waals surface area contributed by atoms with Crippen molar-refractivity contribution in [1.29, 1.82) is 0 Å². The SMILES string of the molecule is NC(=O)c1cn(-c2cccc3cnccc23)c2ccccc12. The highest BCUT2D eigenvalue weighted by molar-refractivity contribution is 6.07. The molecule has 0 saturated carbocycles. The van der Waals surface area contributed by atoms with E-state index in [9.17, 15) is 4.79 Å². The van der Waals surface area contributed by atoms with E-state index in [1.165, 1.54) is 0 Å². The van der Waals surface area contributed by atoms with Crippen molar-refractivity contribution in [1.82, 2.24) is 9.55 Å². The zero-order valence-electron chi connectivity index (χ0n) is 11.7. The van der Waals surface area contributed by atoms with Crippen LogP contribution in [0.1, 0.15) is 10.4 Å². The van der Waals surface area contributed by atoms with Crippen LogP contribution >= 0.6 is 0 Å². The summed E-state index contributed by atoms with van der Waals surface area (Å²) in [7, 11) is 0. The van der Waals surface area contributed by atoms with Gasteiger partial charge in [0.15, 0.2) is 0 Å². The predicted molar refractivity (Wildman–Crippen MR) is 87.1 cm³/mol. The third kappa shape index (κ3) is 1.78. The molecule has 0 unspecified atom stereocenters. The van der Waals surface area contributed by atoms with E-state index in [4.69, 9.17) is 5.73 Å². The quantitative estimate of drug-likeness (QED) is 0.615. The van der Waals surface area contributed by atoms with E-state index in [-0.39, 0.29) is 0 Å². The van der Waals surface area contributed by atoms with Gasteiger partial charge >= 0.3 is 0 Å². The predicted octanol–water partition coefficient (Wildman–Crippen LogP) is 3.28. The molecule has 4 aromatic rings. The maximum atomic E-state index is 11.7. The zero-order valence-corrected chi connectivity index (χ0v) is 11.7. The topological polar surface area (TPSA) is 60.9 Å². The number of aromatic nitrogens is 2. The molecule has 0 saturated heterocycles. The lowest BCUT2D eigenvalue weighted by molar-refractivity contribution is 0.100. The number of primary amides is 1. The molecular formula is C18H13N3O. The van der Waals surface area contributed by atoms with Gasteiger partial charge in [-0.05, 0) is 18.2 Å². The summed E-state index contributed by atoms with van der Waals surface area (Å²) < 4.78 is 2.01. The van der Waals surface area contributed by atoms with Crippen LogP contribution in [0, 0.1) is 0 Å². The van der Waals surface area contributed by atoms with Crippen molar-refractivity contribution < 1.29 is 4.79 Å². The van der Waals surface area contributed by atoms with E-state index in [0.717, 1.165) is 27.4 Å². The van der Waals surface area contributed by atoms with E-state index in [1.54, 1.807) is 6.20 Å². The van der Waals surface area contributed by atoms with Crippen molar-refractivity contribution in [2.75, 3.05) is 0 Å². The number of carbonyl (C=O) groups is 1. The van der Waals surface area contributed by atoms with E-state index >= 15 is 0 Å². The number of carbonyl (C=O) groups excluding carboxylic acids is 1. The van der Waals surface area contributed by atoms with Gasteiger partial charge in [-0.2, -0.15) is 0 Å². The number of para-hydroxylation sites is 1. The van der Waals surface area contributed by atoms with Crippen LogP contribution in [0.15, 0.2) is 67.1 Å². The Bertz CT molecular complexity index is 1010. The van der Waals surface area contributed by atoms with Crippen LogP contribution in [0.2, 0.25) is 0 Å². The van der Waals surface area contributed by atoms with Gasteiger partial charge in [0, 0.05) is 34.7 Å². The Balaban J connectivity index is 2.11. The molecule has 2 N–H and O–H groups in total. The average Bonchev–Trinajstić information content (AvgIpc) is 2.94. The maximum Gasteiger partial charge on any atom is 0.250 e. The van der Waals surface area contributed by atoms with E-state index in [0.29, 0.717) is 5.56 Å². The highest BCUT2D eigenvalue weighted by atomic mass is 16.1. The van der Waals surface area contributed by atoms with Gasteiger partial charge in [-0.3, -0.25) is 9.78 Å². The number of benzene rings is 2. The second kappa shape index (κ2) is 4.70. The minimum absolute atomic E-state index is 0.420. The summed E-state index contributed by atoms with van der Waals surface area (Å²) in [6, 6.07) is 15.8. The van der Waals surface area contributed by atoms with Crippen molar-refractivity contribution in [3.8, 4) is 5.69 Å². The first kappa shape index (κ1) is 12.6. The summed E-state index contributed by atoms with van der Waals surface area (Å²) in [5.41, 5.74) is 8.01. The summed E-state index contributed by atoms with van der Waals surface area (Å²) in [5.74, 6) is -0.420. The third-order valence-corrected chi connectivity index (χ3v) is 3.89. The Morgan fingerprint density at radius 3 is 2.73 bits per heavy atom. The average molecular weight is 287 g/mol. The Hall–Kier alpha value is -3.14. The highest BCUT2D eigenvalue weighted by Gasteiger charge is 2.14. The van der Waals surface area contributed by atoms with Gasteiger partial charge in [0.1, 0.15) is 0 Å². The number of fused-ring (bicyclic) bond motifs is 2. The molecule has 0 radical (unpaired) electrons. The molecule has 2 heterocycles. The molecule has 0 atom stereocenters. The standard InChI is InChI=1S/C18H13N3O/c19-18(22)15-11-21(17-6-2-1-5-14(15)17)16-7-3-4-12-10-20-9-8-13(12)16/h1-11H,(H2,19,22). The summed E-state index contributed by atoms with van der Waals surface area (Å²) >= 11 is 0. The van der Waals surface area contributed by atoms with Crippen molar-refractivity contribution >= 4 is 27.6 Å². The fourth-order valence-corrected chi connectivity index (χ4v) is 2.89. The molecule has 0 aliphatic carbocycles. The smallest absolute Gasteiger partial charge is 0.250 e. The van der Waals surface area contributed by atoms with Crippen molar-refractivity contribution in [3.63, 3.8) is 0 Å². The normalized spacial score (nSPS) is 11.1. The number of amides is 1. The fraction of sp³-hybridized carbons (Fsp3) is 0. The van der Waals surface area contributed by atoms with Crippen LogP contribution in [-0.4, -0.2) is 15.5 Å². The minimum atomic E-state index is -0.420. The third-order valence-electron chi connectivity index (χ3n) is 3.89. The number of nitrogens with zero attached hydrogens (tertiary/aromatic N) is 2. The molecule has 2 aromatic heterocycles. The summed E-state index contributed by atoms with van der Waals surface area (Å²) in [6.45, 7) is 0. The van der Waals surface area contributed by atoms with Gasteiger partial charge < -0.3 is 10.3 Å². The minimum Gasteiger partial charge on any atom is -0.366 e. The lowest BCUT2D eigenvalue weighted by Gasteiger charge is -2.09. The highest BCUT2D eigenvalue weighted by Crippen LogP contribution is 2.28. The molecular weight excluding hydrogens is 274 g/mol. The van der Waals surface area contributed by atoms with Gasteiger partial charge in [-0.15, -0.1) is 0 Å². The summed E-state index contributed by atoms with van der Waals surface area (Å²) in [6.07, 6.45) is 5.41. The van der Waals surface area contributed by atoms with Gasteiger partial charge in [-0.25, -0.2) is 0 Å². The van der Waals surface area contributed by atoms with Crippen LogP contribution in [0.5, 0.6) is 0 Å². The molecule has 4 nitrogen and oxygen atoms in total. The molecule has 2 aromatic carbocycles. The lowest BCUT2D eigenvalue weighted by atomic mass is 10.1. The van der Waals surface area contributed by atoms with E-state index < -0.39 is 5.91 Å². The largest absolute Gasteiger partial charge is 0.366 e. The second-order valence-corrected chi connectivity index (χ2v) is 5.17. The Morgan fingerprint density at radius 1 is 1.00 bits per heavy atom. The van der Waals surface area contributed by atoms with E-state index in [2.05, 4.69) is 4.98 Å². The molecule has 1 amide bonds. The van der Waals surface area contributed by atoms with Gasteiger partial charge in [-0.1, -0.05) is 30.3 Å². The Morgan fingerprint density at radius 2 is 1.86 bits per heavy atom. The molecule has 22 heavy (non-hydrogen) atoms. The van der Waals surface area contributed by atoms with Crippen LogP contribution < -0.4 is 5.73 Å². The van der Waals surface area contributed by atoms with Gasteiger partial charge in [0.25, 0.3) is 5.91 Å². The molecule has 0 fully saturated rings. The number of rotatable bonds is 2. The summed E-state index contributed by atoms with van der Waals surface area (Å²) in [5, 5.41) is 2.99. The molecule has 4 heteroatoms. The number of pyridine rings is 1. The van der Waals surface area contributed by atoms with Crippen molar-refractivity contribution in [2.24, 2.45) is 5.73 Å². The molecule has 106 valence electrons. The molecule has 4 rings (SSSR count). The fourth-order valence-electron chi connectivity index (χ4n) is 2.89. The van der Waals surface area contributed by atoms with Crippen LogP contribution in [-0.2, 0) is 0 Å². The van der Waals surface area contributed by atoms with E-state index in [1.807, 2.05) is 65.5 Å². The number of hydrogen-bond acceptors (Lipinski definition) is 2. The maximum absolute atomic E-state index is 11.7. The monoisotopic (exact) mass is 287 g/mol. The molecule has 0 aliphatic rings. The van der Waals surface area contributed by atoms with Crippen molar-refractivity contribution in [2.45, 2.75) is 0 Å². The van der Waals surface area contributed by atoms with Crippen LogP contribution in [0.4, 0.5) is 0 Å². The second-order valence-electron chi connectivity index (χ2n) is 5.17. The van der Waals surface area contributed by atoms with Crippen LogP contribution in [0.3, 0.4) is 0 Å². The number of nitrogens with two attached hydrogens (primary N) is 1. The van der Waals surface area contributed by atoms with Gasteiger partial charge in [0.2, 0.25) is 0 Å². The molecule has 0 spiro atoms. The first-order valence-electron chi connectivity index (χ1n) is 6.99. The van der Waals surface area contributed by atoms with Gasteiger partial charge in [0.05, 0.1) is 16.8 Å². The zero-order chi connectivity index (χ0) is 15.1. The molecule has 0 bridgehead atoms. The molecule has 0 aliphatic heterocycles. The Labute approximate surface area is 126 Å². The summed E-state index contributed by atoms with van der Waals surface area (Å²) in [4.78, 5) is 15.9.